The van der Waals surface area contributed by atoms with E-state index in [4.69, 9.17) is 11.6 Å². The maximum Gasteiger partial charge on any atom is 0.306 e. The summed E-state index contributed by atoms with van der Waals surface area (Å²) in [5.74, 6) is -0.672. The Labute approximate surface area is 188 Å². The number of fused-ring (bicyclic) bond motifs is 2. The molecular weight excluding hydrogens is 412 g/mol. The largest absolute Gasteiger partial charge is 0.481 e. The van der Waals surface area contributed by atoms with E-state index in [0.717, 1.165) is 54.6 Å². The lowest BCUT2D eigenvalue weighted by Crippen LogP contribution is -2.53. The number of halogens is 1. The average Bonchev–Trinajstić information content (AvgIpc) is 3.52. The van der Waals surface area contributed by atoms with E-state index in [9.17, 15) is 14.7 Å². The Balaban J connectivity index is 1.38. The summed E-state index contributed by atoms with van der Waals surface area (Å²) in [5, 5.41) is 11.5. The number of carboxylic acid groups (broad SMARTS) is 1. The number of aliphatic carboxylic acids is 1. The standard InChI is InChI=1S/C25H31ClN2O3/c1-15(19-14-28(16-10-11-16)22-9-3-7-20(26)24(19)22)13-23(29)27-12-4-6-17-18(25(30)31)5-2-8-21(17)27/h3,7,9,14-18,21H,2,4-6,8,10-13H2,1H3,(H,30,31). The molecule has 5 nitrogen and oxygen atoms in total. The third-order valence-electron chi connectivity index (χ3n) is 7.79. The number of carboxylic acids is 1. The molecule has 2 aliphatic carbocycles. The zero-order chi connectivity index (χ0) is 21.7. The number of amides is 1. The fraction of sp³-hybridized carbons (Fsp3) is 0.600. The molecule has 1 amide bonds. The van der Waals surface area contributed by atoms with Crippen molar-refractivity contribution in [1.29, 1.82) is 0 Å². The van der Waals surface area contributed by atoms with Crippen LogP contribution in [0.5, 0.6) is 0 Å². The first kappa shape index (κ1) is 20.9. The Morgan fingerprint density at radius 3 is 2.71 bits per heavy atom. The van der Waals surface area contributed by atoms with Crippen molar-refractivity contribution in [3.8, 4) is 0 Å². The van der Waals surface area contributed by atoms with E-state index < -0.39 is 5.97 Å². The molecule has 1 saturated heterocycles. The number of benzene rings is 1. The first-order valence-electron chi connectivity index (χ1n) is 11.8. The van der Waals surface area contributed by atoms with E-state index in [1.807, 2.05) is 17.0 Å². The quantitative estimate of drug-likeness (QED) is 0.654. The molecule has 6 heteroatoms. The summed E-state index contributed by atoms with van der Waals surface area (Å²) in [6.07, 6.45) is 9.44. The van der Waals surface area contributed by atoms with E-state index in [1.165, 1.54) is 18.4 Å². The van der Waals surface area contributed by atoms with Gasteiger partial charge in [0.05, 0.1) is 16.5 Å². The number of hydrogen-bond acceptors (Lipinski definition) is 2. The van der Waals surface area contributed by atoms with Crippen LogP contribution in [0, 0.1) is 11.8 Å². The average molecular weight is 443 g/mol. The van der Waals surface area contributed by atoms with Crippen molar-refractivity contribution in [2.24, 2.45) is 11.8 Å². The maximum absolute atomic E-state index is 13.4. The predicted molar refractivity (Wildman–Crippen MR) is 121 cm³/mol. The molecule has 1 aliphatic heterocycles. The second-order valence-corrected chi connectivity index (χ2v) is 10.2. The Morgan fingerprint density at radius 2 is 1.97 bits per heavy atom. The highest BCUT2D eigenvalue weighted by Crippen LogP contribution is 2.44. The predicted octanol–water partition coefficient (Wildman–Crippen LogP) is 5.62. The third-order valence-corrected chi connectivity index (χ3v) is 8.10. The minimum atomic E-state index is -0.695. The van der Waals surface area contributed by atoms with Gasteiger partial charge >= 0.3 is 5.97 Å². The van der Waals surface area contributed by atoms with Gasteiger partial charge in [0.2, 0.25) is 5.91 Å². The summed E-state index contributed by atoms with van der Waals surface area (Å²) in [7, 11) is 0. The van der Waals surface area contributed by atoms with Crippen molar-refractivity contribution in [3.05, 3.63) is 35.0 Å². The molecule has 5 rings (SSSR count). The third kappa shape index (κ3) is 3.75. The smallest absolute Gasteiger partial charge is 0.306 e. The summed E-state index contributed by atoms with van der Waals surface area (Å²) in [4.78, 5) is 27.2. The SMILES string of the molecule is CC(CC(=O)N1CCCC2C(C(=O)O)CCCC21)c1cn(C2CC2)c2cccc(Cl)c12. The highest BCUT2D eigenvalue weighted by Gasteiger charge is 2.43. The fourth-order valence-corrected chi connectivity index (χ4v) is 6.40. The first-order chi connectivity index (χ1) is 15.0. The number of rotatable bonds is 5. The molecule has 1 N–H and O–H groups in total. The molecule has 166 valence electrons. The topological polar surface area (TPSA) is 62.5 Å². The highest BCUT2D eigenvalue weighted by molar-refractivity contribution is 6.35. The summed E-state index contributed by atoms with van der Waals surface area (Å²) in [6, 6.07) is 6.69. The lowest BCUT2D eigenvalue weighted by molar-refractivity contribution is -0.152. The van der Waals surface area contributed by atoms with E-state index in [-0.39, 0.29) is 29.7 Å². The Hall–Kier alpha value is -2.01. The molecule has 3 fully saturated rings. The molecule has 2 heterocycles. The molecule has 2 saturated carbocycles. The van der Waals surface area contributed by atoms with Gasteiger partial charge in [-0.25, -0.2) is 0 Å². The Morgan fingerprint density at radius 1 is 1.16 bits per heavy atom. The lowest BCUT2D eigenvalue weighted by Gasteiger charge is -2.46. The fourth-order valence-electron chi connectivity index (χ4n) is 6.12. The van der Waals surface area contributed by atoms with Crippen molar-refractivity contribution in [1.82, 2.24) is 9.47 Å². The number of piperidine rings is 1. The van der Waals surface area contributed by atoms with Crippen LogP contribution < -0.4 is 0 Å². The highest BCUT2D eigenvalue weighted by atomic mass is 35.5. The van der Waals surface area contributed by atoms with Crippen LogP contribution in [0.1, 0.15) is 75.8 Å². The summed E-state index contributed by atoms with van der Waals surface area (Å²) in [5.41, 5.74) is 2.32. The molecule has 0 spiro atoms. The number of aromatic nitrogens is 1. The van der Waals surface area contributed by atoms with Crippen molar-refractivity contribution >= 4 is 34.4 Å². The minimum Gasteiger partial charge on any atom is -0.481 e. The summed E-state index contributed by atoms with van der Waals surface area (Å²) >= 11 is 6.60. The number of likely N-dealkylation sites (tertiary alicyclic amines) is 1. The zero-order valence-electron chi connectivity index (χ0n) is 18.1. The molecule has 31 heavy (non-hydrogen) atoms. The first-order valence-corrected chi connectivity index (χ1v) is 12.1. The molecule has 4 unspecified atom stereocenters. The number of carbonyl (C=O) groups excluding carboxylic acids is 1. The van der Waals surface area contributed by atoms with Gasteiger partial charge in [0, 0.05) is 36.6 Å². The second-order valence-electron chi connectivity index (χ2n) is 9.80. The van der Waals surface area contributed by atoms with Gasteiger partial charge in [-0.15, -0.1) is 0 Å². The lowest BCUT2D eigenvalue weighted by atomic mass is 9.71. The van der Waals surface area contributed by atoms with Crippen LogP contribution in [0.15, 0.2) is 24.4 Å². The van der Waals surface area contributed by atoms with Crippen LogP contribution in [0.2, 0.25) is 5.02 Å². The Kier molecular flexibility index (Phi) is 5.49. The molecular formula is C25H31ClN2O3. The van der Waals surface area contributed by atoms with Crippen molar-refractivity contribution in [2.45, 2.75) is 76.3 Å². The van der Waals surface area contributed by atoms with Gasteiger partial charge in [0.15, 0.2) is 0 Å². The molecule has 0 radical (unpaired) electrons. The minimum absolute atomic E-state index is 0.0640. The van der Waals surface area contributed by atoms with Crippen LogP contribution in [-0.2, 0) is 9.59 Å². The van der Waals surface area contributed by atoms with Gasteiger partial charge in [0.1, 0.15) is 0 Å². The van der Waals surface area contributed by atoms with Crippen LogP contribution in [0.25, 0.3) is 10.9 Å². The van der Waals surface area contributed by atoms with Crippen LogP contribution in [0.3, 0.4) is 0 Å². The number of hydrogen-bond donors (Lipinski definition) is 1. The van der Waals surface area contributed by atoms with Gasteiger partial charge in [-0.1, -0.05) is 31.0 Å². The van der Waals surface area contributed by atoms with E-state index >= 15 is 0 Å². The zero-order valence-corrected chi connectivity index (χ0v) is 18.9. The summed E-state index contributed by atoms with van der Waals surface area (Å²) in [6.45, 7) is 2.87. The van der Waals surface area contributed by atoms with Gasteiger partial charge in [-0.3, -0.25) is 9.59 Å². The van der Waals surface area contributed by atoms with Crippen LogP contribution >= 0.6 is 11.6 Å². The second kappa shape index (κ2) is 8.16. The van der Waals surface area contributed by atoms with E-state index in [2.05, 4.69) is 23.8 Å². The van der Waals surface area contributed by atoms with E-state index in [0.29, 0.717) is 12.5 Å². The molecule has 3 aliphatic rings. The van der Waals surface area contributed by atoms with Crippen molar-refractivity contribution in [3.63, 3.8) is 0 Å². The normalized spacial score (nSPS) is 27.2. The molecule has 2 aromatic rings. The van der Waals surface area contributed by atoms with E-state index in [1.54, 1.807) is 0 Å². The molecule has 4 atom stereocenters. The Bertz CT molecular complexity index is 1010. The molecule has 1 aromatic carbocycles. The van der Waals surface area contributed by atoms with Gasteiger partial charge in [-0.05, 0) is 68.1 Å². The molecule has 0 bridgehead atoms. The monoisotopic (exact) mass is 442 g/mol. The van der Waals surface area contributed by atoms with Crippen molar-refractivity contribution < 1.29 is 14.7 Å². The van der Waals surface area contributed by atoms with Gasteiger partial charge in [-0.2, -0.15) is 0 Å². The maximum atomic E-state index is 13.4. The van der Waals surface area contributed by atoms with Gasteiger partial charge < -0.3 is 14.6 Å². The van der Waals surface area contributed by atoms with Crippen LogP contribution in [0.4, 0.5) is 0 Å². The summed E-state index contributed by atoms with van der Waals surface area (Å²) < 4.78 is 2.34. The van der Waals surface area contributed by atoms with Gasteiger partial charge in [0.25, 0.3) is 0 Å². The number of nitrogens with zero attached hydrogens (tertiary/aromatic N) is 2. The molecule has 1 aromatic heterocycles. The van der Waals surface area contributed by atoms with Crippen molar-refractivity contribution in [2.75, 3.05) is 6.54 Å². The number of carbonyl (C=O) groups is 2. The van der Waals surface area contributed by atoms with Crippen LogP contribution in [-0.4, -0.2) is 39.0 Å².